The minimum absolute atomic E-state index is 0.0937. The van der Waals surface area contributed by atoms with Gasteiger partial charge in [-0.1, -0.05) is 78.5 Å². The van der Waals surface area contributed by atoms with Gasteiger partial charge in [-0.25, -0.2) is 0 Å². The maximum atomic E-state index is 12.5. The Labute approximate surface area is 168 Å². The fraction of sp³-hybridized carbons (Fsp3) is 0.227. The van der Waals surface area contributed by atoms with Gasteiger partial charge in [-0.2, -0.15) is 0 Å². The Kier molecular flexibility index (Phi) is 5.87. The summed E-state index contributed by atoms with van der Waals surface area (Å²) < 4.78 is 5.66. The third kappa shape index (κ3) is 4.70. The molecule has 142 valence electrons. The quantitative estimate of drug-likeness (QED) is 0.593. The van der Waals surface area contributed by atoms with Crippen LogP contribution in [0.3, 0.4) is 0 Å². The number of nitrogens with zero attached hydrogens (tertiary/aromatic N) is 3. The molecule has 1 amide bonds. The van der Waals surface area contributed by atoms with Crippen molar-refractivity contribution in [3.63, 3.8) is 0 Å². The van der Waals surface area contributed by atoms with Gasteiger partial charge in [0.05, 0.1) is 12.2 Å². The number of amides is 1. The van der Waals surface area contributed by atoms with Gasteiger partial charge in [0.25, 0.3) is 5.22 Å². The van der Waals surface area contributed by atoms with Crippen LogP contribution in [0.4, 0.5) is 0 Å². The van der Waals surface area contributed by atoms with Crippen LogP contribution in [-0.2, 0) is 11.2 Å². The largest absolute Gasteiger partial charge is 0.416 e. The predicted molar refractivity (Wildman–Crippen MR) is 110 cm³/mol. The molecule has 6 heteroatoms. The topological polar surface area (TPSA) is 59.2 Å². The molecule has 0 atom stereocenters. The smallest absolute Gasteiger partial charge is 0.277 e. The highest BCUT2D eigenvalue weighted by Gasteiger charge is 2.19. The highest BCUT2D eigenvalue weighted by atomic mass is 32.2. The Morgan fingerprint density at radius 2 is 1.79 bits per heavy atom. The molecule has 0 fully saturated rings. The zero-order chi connectivity index (χ0) is 19.2. The Balaban J connectivity index is 1.28. The molecule has 0 N–H and O–H groups in total. The van der Waals surface area contributed by atoms with Gasteiger partial charge in [0, 0.05) is 13.1 Å². The van der Waals surface area contributed by atoms with Crippen LogP contribution in [0.25, 0.3) is 5.57 Å². The van der Waals surface area contributed by atoms with E-state index in [9.17, 15) is 4.79 Å². The van der Waals surface area contributed by atoms with Gasteiger partial charge >= 0.3 is 0 Å². The van der Waals surface area contributed by atoms with E-state index < -0.39 is 0 Å². The lowest BCUT2D eigenvalue weighted by atomic mass is 10.00. The Hall–Kier alpha value is -2.86. The first-order valence-electron chi connectivity index (χ1n) is 9.29. The molecule has 0 aliphatic carbocycles. The van der Waals surface area contributed by atoms with E-state index >= 15 is 0 Å². The molecule has 0 saturated heterocycles. The average molecular weight is 391 g/mol. The van der Waals surface area contributed by atoms with Crippen molar-refractivity contribution in [2.75, 3.05) is 18.8 Å². The third-order valence-corrected chi connectivity index (χ3v) is 5.48. The fourth-order valence-electron chi connectivity index (χ4n) is 3.16. The van der Waals surface area contributed by atoms with Crippen molar-refractivity contribution < 1.29 is 9.21 Å². The number of carbonyl (C=O) groups excluding carboxylic acids is 1. The Morgan fingerprint density at radius 1 is 1.04 bits per heavy atom. The van der Waals surface area contributed by atoms with Crippen LogP contribution in [0, 0.1) is 0 Å². The average Bonchev–Trinajstić information content (AvgIpc) is 3.21. The first kappa shape index (κ1) is 18.5. The molecule has 1 aliphatic rings. The zero-order valence-electron chi connectivity index (χ0n) is 15.5. The molecule has 0 bridgehead atoms. The fourth-order valence-corrected chi connectivity index (χ4v) is 3.85. The Morgan fingerprint density at radius 3 is 2.50 bits per heavy atom. The van der Waals surface area contributed by atoms with Crippen LogP contribution in [0.1, 0.15) is 23.4 Å². The molecular formula is C22H21N3O2S. The van der Waals surface area contributed by atoms with Crippen molar-refractivity contribution >= 4 is 23.2 Å². The number of hydrogen-bond acceptors (Lipinski definition) is 5. The van der Waals surface area contributed by atoms with Crippen LogP contribution in [0.15, 0.2) is 76.4 Å². The second kappa shape index (κ2) is 8.89. The lowest BCUT2D eigenvalue weighted by Gasteiger charge is -2.26. The Bertz CT molecular complexity index is 954. The molecule has 0 radical (unpaired) electrons. The molecule has 1 aliphatic heterocycles. The lowest BCUT2D eigenvalue weighted by Crippen LogP contribution is -2.35. The van der Waals surface area contributed by atoms with Gasteiger partial charge < -0.3 is 9.32 Å². The molecule has 2 aromatic carbocycles. The van der Waals surface area contributed by atoms with E-state index in [-0.39, 0.29) is 5.91 Å². The van der Waals surface area contributed by atoms with Crippen LogP contribution in [0.2, 0.25) is 0 Å². The van der Waals surface area contributed by atoms with Crippen molar-refractivity contribution in [1.29, 1.82) is 0 Å². The van der Waals surface area contributed by atoms with E-state index in [4.69, 9.17) is 4.42 Å². The first-order chi connectivity index (χ1) is 13.8. The van der Waals surface area contributed by atoms with Crippen molar-refractivity contribution in [1.82, 2.24) is 15.1 Å². The maximum Gasteiger partial charge on any atom is 0.277 e. The predicted octanol–water partition coefficient (Wildman–Crippen LogP) is 4.07. The van der Waals surface area contributed by atoms with E-state index in [2.05, 4.69) is 28.4 Å². The molecule has 0 saturated carbocycles. The summed E-state index contributed by atoms with van der Waals surface area (Å²) in [6, 6.07) is 20.3. The number of aromatic nitrogens is 2. The monoisotopic (exact) mass is 391 g/mol. The summed E-state index contributed by atoms with van der Waals surface area (Å²) in [5, 5.41) is 8.56. The summed E-state index contributed by atoms with van der Waals surface area (Å²) in [6.45, 7) is 1.38. The minimum atomic E-state index is 0.0937. The lowest BCUT2D eigenvalue weighted by molar-refractivity contribution is -0.127. The summed E-state index contributed by atoms with van der Waals surface area (Å²) in [4.78, 5) is 14.4. The van der Waals surface area contributed by atoms with Crippen LogP contribution < -0.4 is 0 Å². The second-order valence-electron chi connectivity index (χ2n) is 6.60. The molecule has 5 nitrogen and oxygen atoms in total. The van der Waals surface area contributed by atoms with Gasteiger partial charge in [-0.15, -0.1) is 10.2 Å². The van der Waals surface area contributed by atoms with Gasteiger partial charge in [-0.3, -0.25) is 4.79 Å². The minimum Gasteiger partial charge on any atom is -0.416 e. The molecular weight excluding hydrogens is 370 g/mol. The summed E-state index contributed by atoms with van der Waals surface area (Å²) in [7, 11) is 0. The molecule has 0 spiro atoms. The van der Waals surface area contributed by atoms with Crippen molar-refractivity contribution in [3.05, 3.63) is 83.8 Å². The van der Waals surface area contributed by atoms with Gasteiger partial charge in [0.1, 0.15) is 0 Å². The maximum absolute atomic E-state index is 12.5. The summed E-state index contributed by atoms with van der Waals surface area (Å²) >= 11 is 1.30. The number of hydrogen-bond donors (Lipinski definition) is 0. The van der Waals surface area contributed by atoms with E-state index in [0.717, 1.165) is 18.5 Å². The summed E-state index contributed by atoms with van der Waals surface area (Å²) in [5.41, 5.74) is 3.66. The molecule has 0 unspecified atom stereocenters. The van der Waals surface area contributed by atoms with Crippen molar-refractivity contribution in [3.8, 4) is 0 Å². The second-order valence-corrected chi connectivity index (χ2v) is 7.52. The van der Waals surface area contributed by atoms with E-state index in [1.165, 1.54) is 22.9 Å². The van der Waals surface area contributed by atoms with E-state index in [1.807, 2.05) is 53.4 Å². The highest BCUT2D eigenvalue weighted by Crippen LogP contribution is 2.23. The number of benzene rings is 2. The van der Waals surface area contributed by atoms with Crippen LogP contribution in [0.5, 0.6) is 0 Å². The van der Waals surface area contributed by atoms with E-state index in [1.54, 1.807) is 0 Å². The first-order valence-corrected chi connectivity index (χ1v) is 10.3. The van der Waals surface area contributed by atoms with Crippen molar-refractivity contribution in [2.45, 2.75) is 18.1 Å². The molecule has 4 rings (SSSR count). The SMILES string of the molecule is O=C(CSc1nnc(Cc2ccccc2)o1)N1CC=C(c2ccccc2)CC1. The standard InChI is InChI=1S/C22H21N3O2S/c26-21(25-13-11-19(12-14-25)18-9-5-2-6-10-18)16-28-22-24-23-20(27-22)15-17-7-3-1-4-8-17/h1-11H,12-16H2. The normalized spacial score (nSPS) is 14.0. The molecule has 28 heavy (non-hydrogen) atoms. The molecule has 1 aromatic heterocycles. The molecule has 2 heterocycles. The van der Waals surface area contributed by atoms with Gasteiger partial charge in [-0.05, 0) is 23.1 Å². The summed E-state index contributed by atoms with van der Waals surface area (Å²) in [6.07, 6.45) is 3.62. The van der Waals surface area contributed by atoms with E-state index in [0.29, 0.717) is 29.8 Å². The number of thioether (sulfide) groups is 1. The van der Waals surface area contributed by atoms with Crippen molar-refractivity contribution in [2.24, 2.45) is 0 Å². The van der Waals surface area contributed by atoms with Crippen LogP contribution in [-0.4, -0.2) is 39.8 Å². The highest BCUT2D eigenvalue weighted by molar-refractivity contribution is 7.99. The zero-order valence-corrected chi connectivity index (χ0v) is 16.3. The number of carbonyl (C=O) groups is 1. The van der Waals surface area contributed by atoms with Crippen LogP contribution >= 0.6 is 11.8 Å². The summed E-state index contributed by atoms with van der Waals surface area (Å²) in [5.74, 6) is 0.965. The third-order valence-electron chi connectivity index (χ3n) is 4.67. The van der Waals surface area contributed by atoms with Gasteiger partial charge in [0.15, 0.2) is 0 Å². The molecule has 3 aromatic rings. The van der Waals surface area contributed by atoms with Gasteiger partial charge in [0.2, 0.25) is 11.8 Å². The number of rotatable bonds is 6.